The van der Waals surface area contributed by atoms with E-state index in [2.05, 4.69) is 0 Å². The lowest BCUT2D eigenvalue weighted by Crippen LogP contribution is -2.28. The fourth-order valence-corrected chi connectivity index (χ4v) is 2.68. The predicted molar refractivity (Wildman–Crippen MR) is 67.8 cm³/mol. The number of hydrogen-bond donors (Lipinski definition) is 2. The van der Waals surface area contributed by atoms with Crippen molar-refractivity contribution in [3.05, 3.63) is 29.6 Å². The number of methoxy groups -OCH3 is 1. The Morgan fingerprint density at radius 1 is 1.33 bits per heavy atom. The van der Waals surface area contributed by atoms with Crippen molar-refractivity contribution in [2.24, 2.45) is 11.7 Å². The lowest BCUT2D eigenvalue weighted by atomic mass is 9.80. The molecule has 4 heteroatoms. The van der Waals surface area contributed by atoms with Crippen molar-refractivity contribution in [3.63, 3.8) is 0 Å². The molecule has 0 bridgehead atoms. The van der Waals surface area contributed by atoms with Crippen molar-refractivity contribution in [2.75, 3.05) is 7.11 Å². The van der Waals surface area contributed by atoms with Gasteiger partial charge in [0.05, 0.1) is 13.2 Å². The number of aliphatic hydroxyl groups excluding tert-OH is 1. The van der Waals surface area contributed by atoms with Crippen LogP contribution in [0.5, 0.6) is 5.75 Å². The van der Waals surface area contributed by atoms with E-state index in [0.29, 0.717) is 5.75 Å². The average Bonchev–Trinajstić information content (AvgIpc) is 2.39. The van der Waals surface area contributed by atoms with E-state index in [4.69, 9.17) is 10.5 Å². The molecule has 1 unspecified atom stereocenters. The zero-order valence-corrected chi connectivity index (χ0v) is 10.6. The highest BCUT2D eigenvalue weighted by Crippen LogP contribution is 2.36. The first-order valence-electron chi connectivity index (χ1n) is 6.39. The van der Waals surface area contributed by atoms with Gasteiger partial charge < -0.3 is 15.6 Å². The average molecular weight is 253 g/mol. The Balaban J connectivity index is 2.17. The highest BCUT2D eigenvalue weighted by atomic mass is 19.1. The van der Waals surface area contributed by atoms with Gasteiger partial charge in [-0.05, 0) is 49.8 Å². The van der Waals surface area contributed by atoms with E-state index in [-0.39, 0.29) is 23.9 Å². The summed E-state index contributed by atoms with van der Waals surface area (Å²) in [6, 6.07) is 4.21. The molecule has 1 aromatic carbocycles. The molecule has 3 N–H and O–H groups in total. The SMILES string of the molecule is COc1ccc(F)cc1C(N)C1CCC(O)CC1. The maximum absolute atomic E-state index is 13.3. The lowest BCUT2D eigenvalue weighted by molar-refractivity contribution is 0.101. The Labute approximate surface area is 107 Å². The van der Waals surface area contributed by atoms with Gasteiger partial charge in [-0.2, -0.15) is 0 Å². The second-order valence-electron chi connectivity index (χ2n) is 4.98. The van der Waals surface area contributed by atoms with Crippen molar-refractivity contribution in [2.45, 2.75) is 37.8 Å². The first kappa shape index (κ1) is 13.3. The van der Waals surface area contributed by atoms with E-state index >= 15 is 0 Å². The molecule has 2 rings (SSSR count). The molecule has 3 nitrogen and oxygen atoms in total. The zero-order chi connectivity index (χ0) is 13.1. The van der Waals surface area contributed by atoms with Gasteiger partial charge in [0.2, 0.25) is 0 Å². The number of hydrogen-bond acceptors (Lipinski definition) is 3. The third-order valence-electron chi connectivity index (χ3n) is 3.80. The van der Waals surface area contributed by atoms with Gasteiger partial charge in [0.25, 0.3) is 0 Å². The normalized spacial score (nSPS) is 25.8. The quantitative estimate of drug-likeness (QED) is 0.869. The molecule has 100 valence electrons. The number of aliphatic hydroxyl groups is 1. The van der Waals surface area contributed by atoms with E-state index in [1.165, 1.54) is 12.1 Å². The fraction of sp³-hybridized carbons (Fsp3) is 0.571. The molecule has 1 aliphatic rings. The van der Waals surface area contributed by atoms with E-state index in [9.17, 15) is 9.50 Å². The molecule has 1 fully saturated rings. The largest absolute Gasteiger partial charge is 0.496 e. The maximum atomic E-state index is 13.3. The molecule has 0 spiro atoms. The van der Waals surface area contributed by atoms with Crippen LogP contribution >= 0.6 is 0 Å². The van der Waals surface area contributed by atoms with Gasteiger partial charge in [0, 0.05) is 11.6 Å². The zero-order valence-electron chi connectivity index (χ0n) is 10.6. The number of benzene rings is 1. The monoisotopic (exact) mass is 253 g/mol. The van der Waals surface area contributed by atoms with Gasteiger partial charge >= 0.3 is 0 Å². The van der Waals surface area contributed by atoms with Crippen LogP contribution in [0.15, 0.2) is 18.2 Å². The summed E-state index contributed by atoms with van der Waals surface area (Å²) >= 11 is 0. The molecule has 18 heavy (non-hydrogen) atoms. The van der Waals surface area contributed by atoms with Crippen LogP contribution in [0, 0.1) is 11.7 Å². The molecule has 1 aromatic rings. The number of rotatable bonds is 3. The minimum absolute atomic E-state index is 0.206. The first-order chi connectivity index (χ1) is 8.61. The molecule has 1 saturated carbocycles. The minimum Gasteiger partial charge on any atom is -0.496 e. The van der Waals surface area contributed by atoms with Crippen LogP contribution in [0.2, 0.25) is 0 Å². The molecule has 0 aromatic heterocycles. The van der Waals surface area contributed by atoms with E-state index < -0.39 is 0 Å². The van der Waals surface area contributed by atoms with E-state index in [1.54, 1.807) is 13.2 Å². The number of nitrogens with two attached hydrogens (primary N) is 1. The molecular formula is C14H20FNO2. The fourth-order valence-electron chi connectivity index (χ4n) is 2.68. The Bertz CT molecular complexity index is 403. The second kappa shape index (κ2) is 5.67. The molecule has 0 aliphatic heterocycles. The summed E-state index contributed by atoms with van der Waals surface area (Å²) in [5, 5.41) is 9.50. The Hall–Kier alpha value is -1.13. The summed E-state index contributed by atoms with van der Waals surface area (Å²) in [4.78, 5) is 0. The highest BCUT2D eigenvalue weighted by Gasteiger charge is 2.27. The summed E-state index contributed by atoms with van der Waals surface area (Å²) < 4.78 is 18.6. The van der Waals surface area contributed by atoms with Gasteiger partial charge in [0.1, 0.15) is 11.6 Å². The van der Waals surface area contributed by atoms with Gasteiger partial charge in [-0.1, -0.05) is 0 Å². The number of halogens is 1. The Morgan fingerprint density at radius 3 is 2.61 bits per heavy atom. The van der Waals surface area contributed by atoms with Crippen molar-refractivity contribution < 1.29 is 14.2 Å². The summed E-state index contributed by atoms with van der Waals surface area (Å²) in [5.41, 5.74) is 6.95. The van der Waals surface area contributed by atoms with Gasteiger partial charge in [0.15, 0.2) is 0 Å². The molecular weight excluding hydrogens is 233 g/mol. The smallest absolute Gasteiger partial charge is 0.123 e. The Morgan fingerprint density at radius 2 is 2.00 bits per heavy atom. The third kappa shape index (κ3) is 2.82. The third-order valence-corrected chi connectivity index (χ3v) is 3.80. The molecule has 0 radical (unpaired) electrons. The topological polar surface area (TPSA) is 55.5 Å². The van der Waals surface area contributed by atoms with Crippen LogP contribution in [0.1, 0.15) is 37.3 Å². The minimum atomic E-state index is -0.294. The van der Waals surface area contributed by atoms with Gasteiger partial charge in [-0.15, -0.1) is 0 Å². The van der Waals surface area contributed by atoms with Crippen molar-refractivity contribution in [1.29, 1.82) is 0 Å². The van der Waals surface area contributed by atoms with Crippen LogP contribution in [-0.2, 0) is 0 Å². The molecule has 0 amide bonds. The van der Waals surface area contributed by atoms with Crippen LogP contribution in [0.4, 0.5) is 4.39 Å². The molecule has 1 atom stereocenters. The highest BCUT2D eigenvalue weighted by molar-refractivity contribution is 5.36. The predicted octanol–water partition coefficient (Wildman–Crippen LogP) is 2.39. The first-order valence-corrected chi connectivity index (χ1v) is 6.39. The van der Waals surface area contributed by atoms with Crippen LogP contribution < -0.4 is 10.5 Å². The second-order valence-corrected chi connectivity index (χ2v) is 4.98. The summed E-state index contributed by atoms with van der Waals surface area (Å²) in [6.07, 6.45) is 3.10. The van der Waals surface area contributed by atoms with Crippen molar-refractivity contribution in [3.8, 4) is 5.75 Å². The van der Waals surface area contributed by atoms with Crippen molar-refractivity contribution >= 4 is 0 Å². The van der Waals surface area contributed by atoms with Crippen LogP contribution in [-0.4, -0.2) is 18.3 Å². The van der Waals surface area contributed by atoms with E-state index in [1.807, 2.05) is 0 Å². The maximum Gasteiger partial charge on any atom is 0.123 e. The molecule has 1 aliphatic carbocycles. The van der Waals surface area contributed by atoms with Gasteiger partial charge in [-0.3, -0.25) is 0 Å². The summed E-state index contributed by atoms with van der Waals surface area (Å²) in [7, 11) is 1.56. The van der Waals surface area contributed by atoms with Crippen molar-refractivity contribution in [1.82, 2.24) is 0 Å². The van der Waals surface area contributed by atoms with Gasteiger partial charge in [-0.25, -0.2) is 4.39 Å². The van der Waals surface area contributed by atoms with Crippen LogP contribution in [0.3, 0.4) is 0 Å². The molecule has 0 saturated heterocycles. The summed E-state index contributed by atoms with van der Waals surface area (Å²) in [5.74, 6) is 0.621. The van der Waals surface area contributed by atoms with Crippen LogP contribution in [0.25, 0.3) is 0 Å². The summed E-state index contributed by atoms with van der Waals surface area (Å²) in [6.45, 7) is 0. The lowest BCUT2D eigenvalue weighted by Gasteiger charge is -2.30. The number of ether oxygens (including phenoxy) is 1. The standard InChI is InChI=1S/C14H20FNO2/c1-18-13-7-4-10(15)8-12(13)14(16)9-2-5-11(17)6-3-9/h4,7-9,11,14,17H,2-3,5-6,16H2,1H3. The van der Waals surface area contributed by atoms with E-state index in [0.717, 1.165) is 31.2 Å². The molecule has 0 heterocycles. The Kier molecular flexibility index (Phi) is 4.19.